The fourth-order valence-electron chi connectivity index (χ4n) is 5.27. The zero-order valence-corrected chi connectivity index (χ0v) is 18.1. The summed E-state index contributed by atoms with van der Waals surface area (Å²) in [7, 11) is 0. The minimum absolute atomic E-state index is 0.0710. The van der Waals surface area contributed by atoms with Crippen molar-refractivity contribution in [2.75, 3.05) is 39.4 Å². The van der Waals surface area contributed by atoms with E-state index in [-0.39, 0.29) is 23.8 Å². The molecule has 8 heteroatoms. The molecule has 0 radical (unpaired) electrons. The van der Waals surface area contributed by atoms with E-state index in [2.05, 4.69) is 16.1 Å². The number of carbonyl (C=O) groups excluding carboxylic acids is 1. The molecule has 2 aromatic heterocycles. The number of aryl methyl sites for hydroxylation is 1. The fraction of sp³-hybridized carbons (Fsp3) is 0.609. The molecule has 3 aliphatic rings. The Morgan fingerprint density at radius 2 is 2.10 bits per heavy atom. The molecular weight excluding hydrogens is 396 g/mol. The minimum atomic E-state index is 0.0710. The summed E-state index contributed by atoms with van der Waals surface area (Å²) in [5.74, 6) is 1.20. The molecule has 0 unspecified atom stereocenters. The summed E-state index contributed by atoms with van der Waals surface area (Å²) in [6.07, 6.45) is 2.28. The van der Waals surface area contributed by atoms with Crippen LogP contribution in [0.1, 0.15) is 41.5 Å². The van der Waals surface area contributed by atoms with Gasteiger partial charge >= 0.3 is 0 Å². The van der Waals surface area contributed by atoms with Gasteiger partial charge in [0.15, 0.2) is 0 Å². The van der Waals surface area contributed by atoms with Crippen molar-refractivity contribution in [3.8, 4) is 0 Å². The summed E-state index contributed by atoms with van der Waals surface area (Å²) in [6.45, 7) is 7.94. The monoisotopic (exact) mass is 426 g/mol. The topological polar surface area (TPSA) is 80.8 Å². The average molecular weight is 427 g/mol. The van der Waals surface area contributed by atoms with Gasteiger partial charge in [-0.25, -0.2) is 0 Å². The van der Waals surface area contributed by atoms with Crippen molar-refractivity contribution in [3.05, 3.63) is 51.3 Å². The number of ether oxygens (including phenoxy) is 1. The summed E-state index contributed by atoms with van der Waals surface area (Å²) < 4.78 is 12.7. The van der Waals surface area contributed by atoms with Crippen molar-refractivity contribution in [2.45, 2.75) is 45.2 Å². The van der Waals surface area contributed by atoms with E-state index >= 15 is 0 Å². The van der Waals surface area contributed by atoms with Crippen molar-refractivity contribution >= 4 is 5.91 Å². The second kappa shape index (κ2) is 8.59. The molecule has 3 aliphatic heterocycles. The van der Waals surface area contributed by atoms with Crippen LogP contribution in [0.4, 0.5) is 0 Å². The number of nitrogens with zero attached hydrogens (tertiary/aromatic N) is 4. The third-order valence-electron chi connectivity index (χ3n) is 6.75. The van der Waals surface area contributed by atoms with Crippen molar-refractivity contribution in [3.63, 3.8) is 0 Å². The quantitative estimate of drug-likeness (QED) is 0.738. The van der Waals surface area contributed by atoms with Gasteiger partial charge in [-0.1, -0.05) is 11.2 Å². The van der Waals surface area contributed by atoms with Gasteiger partial charge in [0.1, 0.15) is 5.76 Å². The summed E-state index contributed by atoms with van der Waals surface area (Å²) >= 11 is 0. The van der Waals surface area contributed by atoms with Gasteiger partial charge in [0.2, 0.25) is 5.91 Å². The molecule has 0 aliphatic carbocycles. The molecule has 1 amide bonds. The Labute approximate surface area is 181 Å². The lowest BCUT2D eigenvalue weighted by Crippen LogP contribution is -2.50. The molecule has 5 rings (SSSR count). The Morgan fingerprint density at radius 1 is 1.19 bits per heavy atom. The maximum atomic E-state index is 13.3. The van der Waals surface area contributed by atoms with Crippen LogP contribution in [0.25, 0.3) is 0 Å². The Kier molecular flexibility index (Phi) is 5.67. The Hall–Kier alpha value is -2.45. The highest BCUT2D eigenvalue weighted by Crippen LogP contribution is 2.35. The second-order valence-corrected chi connectivity index (χ2v) is 9.15. The number of fused-ring (bicyclic) bond motifs is 4. The van der Waals surface area contributed by atoms with Crippen LogP contribution in [0, 0.1) is 12.8 Å². The highest BCUT2D eigenvalue weighted by molar-refractivity contribution is 5.78. The lowest BCUT2D eigenvalue weighted by Gasteiger charge is -2.43. The van der Waals surface area contributed by atoms with E-state index in [1.54, 1.807) is 0 Å². The summed E-state index contributed by atoms with van der Waals surface area (Å²) in [5, 5.41) is 3.87. The van der Waals surface area contributed by atoms with E-state index in [1.807, 2.05) is 28.5 Å². The molecule has 2 saturated heterocycles. The lowest BCUT2D eigenvalue weighted by atomic mass is 9.82. The van der Waals surface area contributed by atoms with Gasteiger partial charge in [-0.15, -0.1) is 0 Å². The lowest BCUT2D eigenvalue weighted by molar-refractivity contribution is -0.133. The maximum absolute atomic E-state index is 13.3. The van der Waals surface area contributed by atoms with Crippen LogP contribution >= 0.6 is 0 Å². The first-order chi connectivity index (χ1) is 15.1. The average Bonchev–Trinajstić information content (AvgIpc) is 2.99. The van der Waals surface area contributed by atoms with Gasteiger partial charge in [0, 0.05) is 69.1 Å². The largest absolute Gasteiger partial charge is 0.380 e. The number of hydrogen-bond acceptors (Lipinski definition) is 6. The van der Waals surface area contributed by atoms with E-state index in [1.165, 1.54) is 0 Å². The molecule has 0 aromatic carbocycles. The van der Waals surface area contributed by atoms with Crippen LogP contribution in [0.2, 0.25) is 0 Å². The molecule has 2 fully saturated rings. The zero-order chi connectivity index (χ0) is 21.4. The Balaban J connectivity index is 1.31. The number of pyridine rings is 1. The molecular formula is C23H30N4O4. The van der Waals surface area contributed by atoms with Crippen molar-refractivity contribution in [1.82, 2.24) is 19.5 Å². The predicted octanol–water partition coefficient (Wildman–Crippen LogP) is 1.56. The highest BCUT2D eigenvalue weighted by atomic mass is 16.5. The number of hydrogen-bond donors (Lipinski definition) is 0. The van der Waals surface area contributed by atoms with Crippen LogP contribution in [0.5, 0.6) is 0 Å². The van der Waals surface area contributed by atoms with Crippen LogP contribution in [-0.2, 0) is 29.0 Å². The van der Waals surface area contributed by atoms with Crippen molar-refractivity contribution in [2.24, 2.45) is 5.92 Å². The number of piperidine rings is 1. The zero-order valence-electron chi connectivity index (χ0n) is 18.1. The standard InChI is InChI=1S/C23H30N4O4/c1-16-9-20(31-24-16)11-22(28)26-12-17-10-19(15-26)21-4-3-18(23(29)27(21)13-17)14-25-5-2-7-30-8-6-25/h3-4,9,17,19H,2,5-8,10-15H2,1H3/t17-,19+/m0/s1. The first kappa shape index (κ1) is 20.5. The summed E-state index contributed by atoms with van der Waals surface area (Å²) in [6, 6.07) is 5.92. The van der Waals surface area contributed by atoms with Crippen LogP contribution in [0.3, 0.4) is 0 Å². The predicted molar refractivity (Wildman–Crippen MR) is 114 cm³/mol. The van der Waals surface area contributed by atoms with Gasteiger partial charge in [-0.05, 0) is 31.7 Å². The molecule has 166 valence electrons. The number of aromatic nitrogens is 2. The van der Waals surface area contributed by atoms with Crippen LogP contribution < -0.4 is 5.56 Å². The molecule has 31 heavy (non-hydrogen) atoms. The molecule has 0 spiro atoms. The SMILES string of the molecule is Cc1cc(CC(=O)N2C[C@@H]3C[C@H](C2)c2ccc(CN4CCCOCC4)c(=O)n2C3)on1. The van der Waals surface area contributed by atoms with Gasteiger partial charge < -0.3 is 18.7 Å². The first-order valence-corrected chi connectivity index (χ1v) is 11.3. The molecule has 0 saturated carbocycles. The molecule has 5 heterocycles. The third kappa shape index (κ3) is 4.32. The number of amides is 1. The van der Waals surface area contributed by atoms with E-state index in [0.717, 1.165) is 56.1 Å². The molecule has 0 N–H and O–H groups in total. The first-order valence-electron chi connectivity index (χ1n) is 11.3. The number of likely N-dealkylation sites (tertiary alicyclic amines) is 1. The fourth-order valence-corrected chi connectivity index (χ4v) is 5.27. The Morgan fingerprint density at radius 3 is 2.94 bits per heavy atom. The van der Waals surface area contributed by atoms with Gasteiger partial charge in [0.25, 0.3) is 5.56 Å². The second-order valence-electron chi connectivity index (χ2n) is 9.15. The molecule has 2 aromatic rings. The summed E-state index contributed by atoms with van der Waals surface area (Å²) in [4.78, 5) is 30.4. The summed E-state index contributed by atoms with van der Waals surface area (Å²) in [5.41, 5.74) is 2.85. The van der Waals surface area contributed by atoms with Gasteiger partial charge in [-0.2, -0.15) is 0 Å². The number of rotatable bonds is 4. The van der Waals surface area contributed by atoms with Crippen molar-refractivity contribution < 1.29 is 14.1 Å². The number of carbonyl (C=O) groups is 1. The van der Waals surface area contributed by atoms with Gasteiger partial charge in [-0.3, -0.25) is 14.5 Å². The molecule has 2 atom stereocenters. The van der Waals surface area contributed by atoms with Crippen LogP contribution in [0.15, 0.2) is 27.5 Å². The van der Waals surface area contributed by atoms with E-state index in [4.69, 9.17) is 9.26 Å². The molecule has 2 bridgehead atoms. The molecule has 8 nitrogen and oxygen atoms in total. The van der Waals surface area contributed by atoms with E-state index in [9.17, 15) is 9.59 Å². The normalized spacial score (nSPS) is 24.0. The van der Waals surface area contributed by atoms with E-state index in [0.29, 0.717) is 37.9 Å². The van der Waals surface area contributed by atoms with Gasteiger partial charge in [0.05, 0.1) is 18.7 Å². The van der Waals surface area contributed by atoms with E-state index < -0.39 is 0 Å². The van der Waals surface area contributed by atoms with Crippen molar-refractivity contribution in [1.29, 1.82) is 0 Å². The highest BCUT2D eigenvalue weighted by Gasteiger charge is 2.36. The maximum Gasteiger partial charge on any atom is 0.255 e. The Bertz CT molecular complexity index is 1010. The smallest absolute Gasteiger partial charge is 0.255 e. The minimum Gasteiger partial charge on any atom is -0.380 e. The van der Waals surface area contributed by atoms with Crippen LogP contribution in [-0.4, -0.2) is 64.8 Å². The third-order valence-corrected chi connectivity index (χ3v) is 6.75.